The second-order valence-corrected chi connectivity index (χ2v) is 8.83. The fourth-order valence-electron chi connectivity index (χ4n) is 4.23. The molecular weight excluding hydrogens is 432 g/mol. The Kier molecular flexibility index (Phi) is 4.48. The molecule has 0 bridgehead atoms. The molecule has 0 saturated heterocycles. The number of aromatic nitrogens is 5. The molecule has 0 aromatic carbocycles. The van der Waals surface area contributed by atoms with E-state index < -0.39 is 19.1 Å². The van der Waals surface area contributed by atoms with E-state index in [-0.39, 0.29) is 29.2 Å². The first kappa shape index (κ1) is 18.6. The summed E-state index contributed by atoms with van der Waals surface area (Å²) in [7, 11) is 3.71. The van der Waals surface area contributed by atoms with Crippen LogP contribution in [0.3, 0.4) is 0 Å². The van der Waals surface area contributed by atoms with Gasteiger partial charge in [-0.25, -0.2) is 9.97 Å². The molecule has 4 heterocycles. The normalized spacial score (nSPS) is 18.3. The maximum atomic E-state index is 13.0. The van der Waals surface area contributed by atoms with E-state index in [2.05, 4.69) is 30.8 Å². The molecule has 5 rings (SSSR count). The van der Waals surface area contributed by atoms with Gasteiger partial charge in [-0.15, -0.1) is 0 Å². The highest BCUT2D eigenvalue weighted by atomic mass is 16.2. The molecule has 10 heteroatoms. The zero-order valence-electron chi connectivity index (χ0n) is 22.5. The van der Waals surface area contributed by atoms with Gasteiger partial charge in [-0.1, -0.05) is 6.85 Å². The molecule has 0 unspecified atom stereocenters. The number of ketones is 1. The fourth-order valence-corrected chi connectivity index (χ4v) is 4.23. The molecule has 176 valence electrons. The van der Waals surface area contributed by atoms with Gasteiger partial charge in [-0.3, -0.25) is 9.59 Å². The van der Waals surface area contributed by atoms with Crippen LogP contribution in [0, 0.1) is 12.8 Å². The van der Waals surface area contributed by atoms with Gasteiger partial charge in [-0.05, 0) is 32.3 Å². The number of anilines is 4. The van der Waals surface area contributed by atoms with Gasteiger partial charge in [0.2, 0.25) is 5.91 Å². The summed E-state index contributed by atoms with van der Waals surface area (Å²) in [6, 6.07) is 1.45. The molecule has 0 radical (unpaired) electrons. The van der Waals surface area contributed by atoms with Gasteiger partial charge in [0.1, 0.15) is 17.2 Å². The number of carbonyl (C=O) groups excluding carboxylic acids is 2. The number of hydrogen-bond donors (Lipinski definition) is 2. The van der Waals surface area contributed by atoms with E-state index in [1.54, 1.807) is 24.1 Å². The fraction of sp³-hybridized carbons (Fsp3) is 0.417. The van der Waals surface area contributed by atoms with Crippen molar-refractivity contribution in [2.45, 2.75) is 46.0 Å². The Morgan fingerprint density at radius 3 is 2.74 bits per heavy atom. The molecule has 2 N–H and O–H groups in total. The molecule has 0 spiro atoms. The summed E-state index contributed by atoms with van der Waals surface area (Å²) in [4.78, 5) is 37.7. The minimum Gasteiger partial charge on any atom is -0.363 e. The molecular formula is C24H28N8O2. The van der Waals surface area contributed by atoms with Crippen LogP contribution in [0.4, 0.5) is 23.0 Å². The maximum Gasteiger partial charge on any atom is 0.228 e. The molecule has 1 fully saturated rings. The number of amides is 1. The molecule has 1 aliphatic carbocycles. The Labute approximate surface area is 202 Å². The van der Waals surface area contributed by atoms with Gasteiger partial charge >= 0.3 is 0 Å². The minimum atomic E-state index is -2.44. The monoisotopic (exact) mass is 463 g/mol. The van der Waals surface area contributed by atoms with Crippen molar-refractivity contribution < 1.29 is 13.7 Å². The number of aryl methyl sites for hydroxylation is 2. The molecule has 34 heavy (non-hydrogen) atoms. The van der Waals surface area contributed by atoms with Crippen LogP contribution in [-0.2, 0) is 11.8 Å². The largest absolute Gasteiger partial charge is 0.363 e. The van der Waals surface area contributed by atoms with Crippen molar-refractivity contribution in [3.63, 3.8) is 0 Å². The zero-order chi connectivity index (χ0) is 26.6. The smallest absolute Gasteiger partial charge is 0.228 e. The highest BCUT2D eigenvalue weighted by Crippen LogP contribution is 2.47. The molecule has 10 nitrogen and oxygen atoms in total. The summed E-state index contributed by atoms with van der Waals surface area (Å²) in [5.74, 6) is -0.0237. The van der Waals surface area contributed by atoms with Crippen LogP contribution in [0.2, 0.25) is 0 Å². The van der Waals surface area contributed by atoms with Crippen molar-refractivity contribution in [1.29, 1.82) is 0 Å². The number of carbonyl (C=O) groups is 2. The summed E-state index contributed by atoms with van der Waals surface area (Å²) in [6.07, 6.45) is 4.04. The Hall–Kier alpha value is -3.82. The van der Waals surface area contributed by atoms with Gasteiger partial charge in [0.15, 0.2) is 11.6 Å². The van der Waals surface area contributed by atoms with Crippen LogP contribution in [-0.4, -0.2) is 43.7 Å². The second kappa shape index (κ2) is 8.19. The number of fused-ring (bicyclic) bond motifs is 3. The molecule has 1 amide bonds. The van der Waals surface area contributed by atoms with Crippen molar-refractivity contribution in [3.05, 3.63) is 35.3 Å². The lowest BCUT2D eigenvalue weighted by molar-refractivity contribution is -0.117. The summed E-state index contributed by atoms with van der Waals surface area (Å²) < 4.78 is 22.6. The van der Waals surface area contributed by atoms with E-state index in [9.17, 15) is 9.59 Å². The Balaban J connectivity index is 1.59. The zero-order valence-corrected chi connectivity index (χ0v) is 19.5. The summed E-state index contributed by atoms with van der Waals surface area (Å²) >= 11 is 0. The van der Waals surface area contributed by atoms with Crippen LogP contribution >= 0.6 is 0 Å². The first-order valence-corrected chi connectivity index (χ1v) is 11.2. The highest BCUT2D eigenvalue weighted by molar-refractivity contribution is 6.03. The van der Waals surface area contributed by atoms with Crippen LogP contribution in [0.25, 0.3) is 11.3 Å². The van der Waals surface area contributed by atoms with Gasteiger partial charge < -0.3 is 15.5 Å². The minimum absolute atomic E-state index is 0.0304. The third kappa shape index (κ3) is 3.68. The molecule has 3 aromatic rings. The van der Waals surface area contributed by atoms with Crippen LogP contribution in [0.15, 0.2) is 18.5 Å². The van der Waals surface area contributed by atoms with Crippen molar-refractivity contribution in [2.24, 2.45) is 13.0 Å². The van der Waals surface area contributed by atoms with E-state index in [1.165, 1.54) is 6.20 Å². The van der Waals surface area contributed by atoms with Gasteiger partial charge in [-0.2, -0.15) is 15.0 Å². The van der Waals surface area contributed by atoms with Crippen LogP contribution in [0.5, 0.6) is 0 Å². The van der Waals surface area contributed by atoms with E-state index >= 15 is 0 Å². The van der Waals surface area contributed by atoms with Crippen molar-refractivity contribution in [3.8, 4) is 11.3 Å². The average Bonchev–Trinajstić information content (AvgIpc) is 3.59. The van der Waals surface area contributed by atoms with Gasteiger partial charge in [0.05, 0.1) is 23.0 Å². The Morgan fingerprint density at radius 2 is 2.00 bits per heavy atom. The Morgan fingerprint density at radius 1 is 1.21 bits per heavy atom. The third-order valence-electron chi connectivity index (χ3n) is 6.37. The lowest BCUT2D eigenvalue weighted by atomic mass is 9.95. The Bertz CT molecular complexity index is 1410. The molecule has 2 aliphatic rings. The first-order chi connectivity index (χ1) is 17.4. The number of pyridine rings is 2. The molecule has 3 aromatic heterocycles. The van der Waals surface area contributed by atoms with E-state index in [0.717, 1.165) is 41.0 Å². The van der Waals surface area contributed by atoms with E-state index in [1.807, 2.05) is 25.8 Å². The van der Waals surface area contributed by atoms with E-state index in [0.29, 0.717) is 11.5 Å². The lowest BCUT2D eigenvalue weighted by Gasteiger charge is -2.34. The molecule has 1 atom stereocenters. The quantitative estimate of drug-likeness (QED) is 0.530. The van der Waals surface area contributed by atoms with Crippen molar-refractivity contribution >= 4 is 34.7 Å². The van der Waals surface area contributed by atoms with Crippen molar-refractivity contribution in [2.75, 3.05) is 22.6 Å². The lowest BCUT2D eigenvalue weighted by Crippen LogP contribution is -2.28. The summed E-state index contributed by atoms with van der Waals surface area (Å²) in [5.41, 5.74) is 4.57. The van der Waals surface area contributed by atoms with Gasteiger partial charge in [0, 0.05) is 54.6 Å². The van der Waals surface area contributed by atoms with E-state index in [4.69, 9.17) is 4.11 Å². The standard InChI is InChI=1S/C24H28N8O2/c1-6-17(33)15-11-25-18(28-24(34)14-7-8-14)9-16(15)27-23-22-19(12(2)10-26-23)21-20(13(3)31(22)4)29-32(5)30-21/h9-11,13-14H,6-8H2,1-5H3,(H2,25,26,27,28,34)/t13-/m0/s1/i1D3. The highest BCUT2D eigenvalue weighted by Gasteiger charge is 2.34. The molecule has 1 saturated carbocycles. The number of hydrogen-bond acceptors (Lipinski definition) is 8. The predicted molar refractivity (Wildman–Crippen MR) is 129 cm³/mol. The van der Waals surface area contributed by atoms with Gasteiger partial charge in [0.25, 0.3) is 0 Å². The second-order valence-electron chi connectivity index (χ2n) is 8.83. The average molecular weight is 464 g/mol. The van der Waals surface area contributed by atoms with Crippen LogP contribution < -0.4 is 15.5 Å². The summed E-state index contributed by atoms with van der Waals surface area (Å²) in [5, 5.41) is 15.2. The maximum absolute atomic E-state index is 13.0. The first-order valence-electron chi connectivity index (χ1n) is 12.7. The van der Waals surface area contributed by atoms with Crippen molar-refractivity contribution in [1.82, 2.24) is 25.0 Å². The number of Topliss-reactive ketones (excluding diaryl/α,β-unsaturated/α-hetero) is 1. The van der Waals surface area contributed by atoms with Crippen LogP contribution in [0.1, 0.15) is 64.8 Å². The predicted octanol–water partition coefficient (Wildman–Crippen LogP) is 3.78. The number of nitrogens with zero attached hydrogens (tertiary/aromatic N) is 6. The third-order valence-corrected chi connectivity index (χ3v) is 6.37. The number of rotatable bonds is 6. The SMILES string of the molecule is [2H]C([2H])([2H])CC(=O)c1cnc(NC(=O)C2CC2)cc1Nc1ncc(C)c2c1N(C)[C@@H](C)c1nn(C)nc1-2. The number of nitrogens with one attached hydrogen (secondary N) is 2. The topological polar surface area (TPSA) is 118 Å². The summed E-state index contributed by atoms with van der Waals surface area (Å²) in [6.45, 7) is 1.53. The molecule has 1 aliphatic heterocycles.